The third kappa shape index (κ3) is 5.17. The standard InChI is InChI=1S/C28H42N6O2/c1-28(23-7-12-31(2)13-8-23,30-26(35)22-5-4-21-6-11-29-25(21)20-22)27(36)34-18-16-33(17-19-34)24-9-14-32(3)15-10-24/h4-6,11,20,23-24,29H,7-10,12-19H2,1-3H3,(H,30,35)/t28-/m0/s1. The third-order valence-electron chi connectivity index (χ3n) is 8.98. The molecule has 0 unspecified atom stereocenters. The minimum atomic E-state index is -0.918. The lowest BCUT2D eigenvalue weighted by atomic mass is 9.77. The van der Waals surface area contributed by atoms with E-state index in [0.29, 0.717) is 11.6 Å². The van der Waals surface area contributed by atoms with Gasteiger partial charge >= 0.3 is 0 Å². The predicted molar refractivity (Wildman–Crippen MR) is 143 cm³/mol. The van der Waals surface area contributed by atoms with Crippen molar-refractivity contribution in [3.05, 3.63) is 36.0 Å². The summed E-state index contributed by atoms with van der Waals surface area (Å²) in [4.78, 5) is 40.1. The molecule has 3 saturated heterocycles. The van der Waals surface area contributed by atoms with E-state index in [4.69, 9.17) is 0 Å². The van der Waals surface area contributed by atoms with Crippen LogP contribution in [0.1, 0.15) is 43.0 Å². The van der Waals surface area contributed by atoms with E-state index >= 15 is 0 Å². The lowest BCUT2D eigenvalue weighted by molar-refractivity contribution is -0.142. The van der Waals surface area contributed by atoms with Gasteiger partial charge in [-0.15, -0.1) is 0 Å². The molecule has 5 rings (SSSR count). The molecule has 1 aromatic carbocycles. The van der Waals surface area contributed by atoms with Crippen molar-refractivity contribution in [1.82, 2.24) is 29.9 Å². The van der Waals surface area contributed by atoms with Crippen LogP contribution in [0.5, 0.6) is 0 Å². The van der Waals surface area contributed by atoms with Gasteiger partial charge in [0.25, 0.3) is 5.91 Å². The number of rotatable bonds is 5. The molecule has 1 atom stereocenters. The highest BCUT2D eigenvalue weighted by atomic mass is 16.2. The van der Waals surface area contributed by atoms with Gasteiger partial charge in [-0.25, -0.2) is 0 Å². The molecule has 2 N–H and O–H groups in total. The van der Waals surface area contributed by atoms with Crippen LogP contribution in [0.4, 0.5) is 0 Å². The lowest BCUT2D eigenvalue weighted by Gasteiger charge is -2.47. The van der Waals surface area contributed by atoms with Crippen LogP contribution in [-0.4, -0.2) is 114 Å². The van der Waals surface area contributed by atoms with Gasteiger partial charge in [-0.1, -0.05) is 6.07 Å². The van der Waals surface area contributed by atoms with Gasteiger partial charge in [-0.2, -0.15) is 0 Å². The summed E-state index contributed by atoms with van der Waals surface area (Å²) in [7, 11) is 4.32. The summed E-state index contributed by atoms with van der Waals surface area (Å²) in [5.74, 6) is 0.0203. The fraction of sp³-hybridized carbons (Fsp3) is 0.643. The Hall–Kier alpha value is -2.42. The topological polar surface area (TPSA) is 74.9 Å². The van der Waals surface area contributed by atoms with Crippen LogP contribution in [0.3, 0.4) is 0 Å². The fourth-order valence-corrected chi connectivity index (χ4v) is 6.39. The highest BCUT2D eigenvalue weighted by molar-refractivity contribution is 6.01. The number of benzene rings is 1. The number of hydrogen-bond acceptors (Lipinski definition) is 5. The Balaban J connectivity index is 1.30. The molecule has 3 aliphatic rings. The van der Waals surface area contributed by atoms with E-state index in [1.165, 1.54) is 12.8 Å². The molecule has 3 fully saturated rings. The Kier molecular flexibility index (Phi) is 7.37. The molecular weight excluding hydrogens is 452 g/mol. The molecule has 0 spiro atoms. The zero-order chi connectivity index (χ0) is 25.3. The van der Waals surface area contributed by atoms with Crippen molar-refractivity contribution < 1.29 is 9.59 Å². The van der Waals surface area contributed by atoms with E-state index < -0.39 is 5.54 Å². The summed E-state index contributed by atoms with van der Waals surface area (Å²) < 4.78 is 0. The smallest absolute Gasteiger partial charge is 0.252 e. The molecule has 0 saturated carbocycles. The van der Waals surface area contributed by atoms with Crippen LogP contribution < -0.4 is 5.32 Å². The molecule has 8 heteroatoms. The quantitative estimate of drug-likeness (QED) is 0.667. The molecule has 3 aliphatic heterocycles. The minimum Gasteiger partial charge on any atom is -0.361 e. The van der Waals surface area contributed by atoms with Crippen LogP contribution in [0.15, 0.2) is 30.5 Å². The van der Waals surface area contributed by atoms with Gasteiger partial charge in [-0.3, -0.25) is 14.5 Å². The first kappa shape index (κ1) is 25.2. The molecule has 0 aliphatic carbocycles. The van der Waals surface area contributed by atoms with Gasteiger partial charge in [0, 0.05) is 49.5 Å². The van der Waals surface area contributed by atoms with Crippen LogP contribution in [0, 0.1) is 5.92 Å². The third-order valence-corrected chi connectivity index (χ3v) is 8.98. The maximum Gasteiger partial charge on any atom is 0.252 e. The Bertz CT molecular complexity index is 1060. The summed E-state index contributed by atoms with van der Waals surface area (Å²) in [5, 5.41) is 4.32. The average molecular weight is 495 g/mol. The summed E-state index contributed by atoms with van der Waals surface area (Å²) in [6.07, 6.45) is 6.11. The Morgan fingerprint density at radius 1 is 0.889 bits per heavy atom. The predicted octanol–water partition coefficient (Wildman–Crippen LogP) is 2.24. The van der Waals surface area contributed by atoms with Gasteiger partial charge in [0.15, 0.2) is 0 Å². The van der Waals surface area contributed by atoms with Crippen LogP contribution in [0.2, 0.25) is 0 Å². The first-order valence-electron chi connectivity index (χ1n) is 13.6. The summed E-state index contributed by atoms with van der Waals surface area (Å²) in [5.41, 5.74) is 0.600. The van der Waals surface area contributed by atoms with Crippen molar-refractivity contribution in [1.29, 1.82) is 0 Å². The lowest BCUT2D eigenvalue weighted by Crippen LogP contribution is -2.65. The molecule has 2 aromatic rings. The van der Waals surface area contributed by atoms with Crippen LogP contribution >= 0.6 is 0 Å². The monoisotopic (exact) mass is 494 g/mol. The van der Waals surface area contributed by atoms with Crippen molar-refractivity contribution >= 4 is 22.7 Å². The number of H-pyrrole nitrogens is 1. The molecular formula is C28H42N6O2. The maximum absolute atomic E-state index is 14.1. The van der Waals surface area contributed by atoms with E-state index in [1.54, 1.807) is 0 Å². The van der Waals surface area contributed by atoms with Crippen molar-refractivity contribution in [2.75, 3.05) is 66.5 Å². The Morgan fingerprint density at radius 3 is 2.19 bits per heavy atom. The zero-order valence-electron chi connectivity index (χ0n) is 22.1. The molecule has 0 radical (unpaired) electrons. The van der Waals surface area contributed by atoms with Crippen molar-refractivity contribution in [2.24, 2.45) is 5.92 Å². The zero-order valence-corrected chi connectivity index (χ0v) is 22.1. The second-order valence-electron chi connectivity index (χ2n) is 11.4. The number of hydrogen-bond donors (Lipinski definition) is 2. The Labute approximate surface area is 215 Å². The fourth-order valence-electron chi connectivity index (χ4n) is 6.39. The second kappa shape index (κ2) is 10.5. The highest BCUT2D eigenvalue weighted by Gasteiger charge is 2.46. The molecule has 1 aromatic heterocycles. The van der Waals surface area contributed by atoms with Crippen molar-refractivity contribution in [2.45, 2.75) is 44.2 Å². The van der Waals surface area contributed by atoms with Gasteiger partial charge in [-0.05, 0) is 102 Å². The van der Waals surface area contributed by atoms with E-state index in [-0.39, 0.29) is 17.7 Å². The number of nitrogens with zero attached hydrogens (tertiary/aromatic N) is 4. The molecule has 36 heavy (non-hydrogen) atoms. The molecule has 8 nitrogen and oxygen atoms in total. The number of piperidine rings is 2. The number of aromatic nitrogens is 1. The maximum atomic E-state index is 14.1. The largest absolute Gasteiger partial charge is 0.361 e. The van der Waals surface area contributed by atoms with Crippen LogP contribution in [-0.2, 0) is 4.79 Å². The number of nitrogens with one attached hydrogen (secondary N) is 2. The highest BCUT2D eigenvalue weighted by Crippen LogP contribution is 2.31. The van der Waals surface area contributed by atoms with E-state index in [1.807, 2.05) is 42.3 Å². The average Bonchev–Trinajstić information content (AvgIpc) is 3.37. The Morgan fingerprint density at radius 2 is 1.53 bits per heavy atom. The summed E-state index contributed by atoms with van der Waals surface area (Å²) in [6, 6.07) is 8.31. The van der Waals surface area contributed by atoms with Crippen molar-refractivity contribution in [3.63, 3.8) is 0 Å². The number of aromatic amines is 1. The SMILES string of the molecule is CN1CCC(N2CCN(C(=O)[C@@](C)(NC(=O)c3ccc4cc[nH]c4c3)C3CCN(C)CC3)CC2)CC1. The van der Waals surface area contributed by atoms with Gasteiger partial charge in [0.2, 0.25) is 5.91 Å². The molecule has 4 heterocycles. The number of carbonyl (C=O) groups excluding carboxylic acids is 2. The number of carbonyl (C=O) groups is 2. The van der Waals surface area contributed by atoms with E-state index in [0.717, 1.165) is 76.1 Å². The van der Waals surface area contributed by atoms with Crippen molar-refractivity contribution in [3.8, 4) is 0 Å². The molecule has 196 valence electrons. The first-order valence-corrected chi connectivity index (χ1v) is 13.6. The number of fused-ring (bicyclic) bond motifs is 1. The molecule has 2 amide bonds. The van der Waals surface area contributed by atoms with E-state index in [9.17, 15) is 9.59 Å². The molecule has 0 bridgehead atoms. The van der Waals surface area contributed by atoms with E-state index in [2.05, 4.69) is 39.1 Å². The van der Waals surface area contributed by atoms with Crippen LogP contribution in [0.25, 0.3) is 10.9 Å². The van der Waals surface area contributed by atoms with Gasteiger partial charge < -0.3 is 25.0 Å². The minimum absolute atomic E-state index is 0.0781. The number of likely N-dealkylation sites (tertiary alicyclic amines) is 2. The number of piperazine rings is 1. The second-order valence-corrected chi connectivity index (χ2v) is 11.4. The first-order chi connectivity index (χ1) is 17.3. The van der Waals surface area contributed by atoms with Gasteiger partial charge in [0.1, 0.15) is 5.54 Å². The van der Waals surface area contributed by atoms with Gasteiger partial charge in [0.05, 0.1) is 0 Å². The normalized spacial score (nSPS) is 23.6. The summed E-state index contributed by atoms with van der Waals surface area (Å²) in [6.45, 7) is 9.47. The summed E-state index contributed by atoms with van der Waals surface area (Å²) >= 11 is 0. The number of amides is 2.